The van der Waals surface area contributed by atoms with E-state index in [-0.39, 0.29) is 0 Å². The van der Waals surface area contributed by atoms with Crippen LogP contribution in [0.5, 0.6) is 0 Å². The molecule has 0 atom stereocenters. The molecule has 0 saturated heterocycles. The van der Waals surface area contributed by atoms with Gasteiger partial charge in [0.05, 0.1) is 0 Å². The molecule has 2 rings (SSSR count). The van der Waals surface area contributed by atoms with Crippen LogP contribution in [0.15, 0.2) is 28.4 Å². The van der Waals surface area contributed by atoms with E-state index >= 15 is 0 Å². The Hall–Kier alpha value is -0.560. The predicted molar refractivity (Wildman–Crippen MR) is 77.7 cm³/mol. The summed E-state index contributed by atoms with van der Waals surface area (Å²) in [5.41, 5.74) is 4.06. The van der Waals surface area contributed by atoms with Crippen LogP contribution >= 0.6 is 11.6 Å². The van der Waals surface area contributed by atoms with Crippen LogP contribution in [0.2, 0.25) is 0 Å². The Balaban J connectivity index is 0.000000437. The number of aliphatic imine (C=N–C) groups is 1. The maximum Gasteiger partial charge on any atom is 0.132 e. The molecule has 0 aromatic carbocycles. The number of rotatable bonds is 2. The van der Waals surface area contributed by atoms with Crippen LogP contribution in [0, 0.1) is 5.41 Å². The fourth-order valence-corrected chi connectivity index (χ4v) is 2.71. The van der Waals surface area contributed by atoms with E-state index in [9.17, 15) is 0 Å². The van der Waals surface area contributed by atoms with E-state index < -0.39 is 0 Å². The summed E-state index contributed by atoms with van der Waals surface area (Å²) in [7, 11) is 0. The van der Waals surface area contributed by atoms with E-state index in [1.807, 2.05) is 6.92 Å². The lowest BCUT2D eigenvalue weighted by atomic mass is 9.99. The van der Waals surface area contributed by atoms with Crippen LogP contribution in [0.4, 0.5) is 0 Å². The summed E-state index contributed by atoms with van der Waals surface area (Å²) >= 11 is 6.16. The van der Waals surface area contributed by atoms with E-state index in [0.717, 1.165) is 12.1 Å². The quantitative estimate of drug-likeness (QED) is 0.579. The van der Waals surface area contributed by atoms with E-state index in [2.05, 4.69) is 32.3 Å². The second-order valence-corrected chi connectivity index (χ2v) is 5.59. The van der Waals surface area contributed by atoms with Crippen molar-refractivity contribution < 1.29 is 0 Å². The molecule has 0 N–H and O–H groups in total. The normalized spacial score (nSPS) is 21.4. The van der Waals surface area contributed by atoms with Gasteiger partial charge >= 0.3 is 0 Å². The van der Waals surface area contributed by atoms with Gasteiger partial charge in [0.25, 0.3) is 0 Å². The van der Waals surface area contributed by atoms with Crippen molar-refractivity contribution in [2.45, 2.75) is 59.8 Å². The van der Waals surface area contributed by atoms with Crippen LogP contribution in [0.1, 0.15) is 59.8 Å². The molecular weight excluding hydrogens is 230 g/mol. The first-order valence-corrected chi connectivity index (χ1v) is 6.95. The molecule has 2 aliphatic carbocycles. The fourth-order valence-electron chi connectivity index (χ4n) is 2.33. The SMILES string of the molecule is C=C(C)N=C(Cl)C1=C(C)C2(CC1)CC2.CCC. The summed E-state index contributed by atoms with van der Waals surface area (Å²) < 4.78 is 0. The van der Waals surface area contributed by atoms with Crippen LogP contribution < -0.4 is 0 Å². The molecule has 0 amide bonds. The number of allylic oxidation sites excluding steroid dienone is 3. The van der Waals surface area contributed by atoms with Crippen LogP contribution in [-0.4, -0.2) is 5.17 Å². The highest BCUT2D eigenvalue weighted by Gasteiger charge is 2.48. The third-order valence-electron chi connectivity index (χ3n) is 3.49. The molecule has 0 heterocycles. The molecule has 0 aliphatic heterocycles. The van der Waals surface area contributed by atoms with Gasteiger partial charge in [-0.25, -0.2) is 4.99 Å². The van der Waals surface area contributed by atoms with Crippen molar-refractivity contribution in [3.05, 3.63) is 23.4 Å². The topological polar surface area (TPSA) is 12.4 Å². The van der Waals surface area contributed by atoms with Gasteiger partial charge in [-0.2, -0.15) is 0 Å². The Kier molecular flexibility index (Phi) is 5.00. The summed E-state index contributed by atoms with van der Waals surface area (Å²) in [6.45, 7) is 12.1. The highest BCUT2D eigenvalue weighted by molar-refractivity contribution is 6.69. The monoisotopic (exact) mass is 253 g/mol. The molecule has 0 aromatic rings. The third-order valence-corrected chi connectivity index (χ3v) is 3.81. The molecule has 0 bridgehead atoms. The van der Waals surface area contributed by atoms with Gasteiger partial charge in [-0.1, -0.05) is 44.0 Å². The maximum atomic E-state index is 6.16. The van der Waals surface area contributed by atoms with Crippen molar-refractivity contribution in [2.75, 3.05) is 0 Å². The Morgan fingerprint density at radius 2 is 1.88 bits per heavy atom. The minimum absolute atomic E-state index is 0.528. The Morgan fingerprint density at radius 1 is 1.35 bits per heavy atom. The molecule has 2 heteroatoms. The van der Waals surface area contributed by atoms with Crippen molar-refractivity contribution in [2.24, 2.45) is 10.4 Å². The first-order chi connectivity index (χ1) is 7.96. The molecule has 1 fully saturated rings. The average Bonchev–Trinajstić information content (AvgIpc) is 2.91. The Labute approximate surface area is 111 Å². The van der Waals surface area contributed by atoms with Crippen molar-refractivity contribution >= 4 is 16.8 Å². The zero-order valence-corrected chi connectivity index (χ0v) is 12.3. The molecule has 17 heavy (non-hydrogen) atoms. The molecule has 0 unspecified atom stereocenters. The molecule has 0 radical (unpaired) electrons. The van der Waals surface area contributed by atoms with Crippen molar-refractivity contribution in [1.82, 2.24) is 0 Å². The van der Waals surface area contributed by atoms with Gasteiger partial charge in [-0.3, -0.25) is 0 Å². The second-order valence-electron chi connectivity index (χ2n) is 5.23. The Bertz CT molecular complexity index is 359. The standard InChI is InChI=1S/C12H16ClN.C3H8/c1-8(2)14-11(13)10-4-5-12(6-7-12)9(10)3;1-3-2/h1,4-7H2,2-3H3;3H2,1-2H3. The van der Waals surface area contributed by atoms with Gasteiger partial charge in [0.15, 0.2) is 0 Å². The predicted octanol–water partition coefficient (Wildman–Crippen LogP) is 5.46. The minimum atomic E-state index is 0.528. The van der Waals surface area contributed by atoms with Gasteiger partial charge in [0.1, 0.15) is 5.17 Å². The molecule has 1 nitrogen and oxygen atoms in total. The summed E-state index contributed by atoms with van der Waals surface area (Å²) in [5, 5.41) is 0.666. The largest absolute Gasteiger partial charge is 0.242 e. The summed E-state index contributed by atoms with van der Waals surface area (Å²) in [5.74, 6) is 0. The lowest BCUT2D eigenvalue weighted by Crippen LogP contribution is -1.97. The number of nitrogens with zero attached hydrogens (tertiary/aromatic N) is 1. The summed E-state index contributed by atoms with van der Waals surface area (Å²) in [4.78, 5) is 4.23. The molecule has 96 valence electrons. The highest BCUT2D eigenvalue weighted by atomic mass is 35.5. The zero-order chi connectivity index (χ0) is 13.1. The minimum Gasteiger partial charge on any atom is -0.242 e. The van der Waals surface area contributed by atoms with E-state index in [4.69, 9.17) is 11.6 Å². The smallest absolute Gasteiger partial charge is 0.132 e. The molecular formula is C15H24ClN. The lowest BCUT2D eigenvalue weighted by molar-refractivity contribution is 0.599. The van der Waals surface area contributed by atoms with Crippen LogP contribution in [0.3, 0.4) is 0 Å². The van der Waals surface area contributed by atoms with Gasteiger partial charge in [0.2, 0.25) is 0 Å². The molecule has 0 aromatic heterocycles. The number of hydrogen-bond acceptors (Lipinski definition) is 1. The number of hydrogen-bond donors (Lipinski definition) is 0. The van der Waals surface area contributed by atoms with Gasteiger partial charge < -0.3 is 0 Å². The maximum absolute atomic E-state index is 6.16. The zero-order valence-electron chi connectivity index (χ0n) is 11.6. The molecule has 1 saturated carbocycles. The number of halogens is 1. The fraction of sp³-hybridized carbons (Fsp3) is 0.667. The van der Waals surface area contributed by atoms with Gasteiger partial charge in [-0.15, -0.1) is 0 Å². The summed E-state index contributed by atoms with van der Waals surface area (Å²) in [6.07, 6.45) is 6.32. The molecule has 1 spiro atoms. The van der Waals surface area contributed by atoms with Gasteiger partial charge in [-0.05, 0) is 50.5 Å². The third kappa shape index (κ3) is 3.45. The van der Waals surface area contributed by atoms with Gasteiger partial charge in [0, 0.05) is 5.70 Å². The lowest BCUT2D eigenvalue weighted by Gasteiger charge is -2.06. The van der Waals surface area contributed by atoms with Crippen molar-refractivity contribution in [3.63, 3.8) is 0 Å². The van der Waals surface area contributed by atoms with Crippen LogP contribution in [0.25, 0.3) is 0 Å². The first kappa shape index (κ1) is 14.5. The first-order valence-electron chi connectivity index (χ1n) is 6.57. The van der Waals surface area contributed by atoms with Crippen molar-refractivity contribution in [3.8, 4) is 0 Å². The average molecular weight is 254 g/mol. The highest BCUT2D eigenvalue weighted by Crippen LogP contribution is 2.60. The Morgan fingerprint density at radius 3 is 2.24 bits per heavy atom. The van der Waals surface area contributed by atoms with Crippen LogP contribution in [-0.2, 0) is 0 Å². The van der Waals surface area contributed by atoms with Crippen molar-refractivity contribution in [1.29, 1.82) is 0 Å². The summed E-state index contributed by atoms with van der Waals surface area (Å²) in [6, 6.07) is 0. The second kappa shape index (κ2) is 5.86. The van der Waals surface area contributed by atoms with E-state index in [1.165, 1.54) is 36.8 Å². The van der Waals surface area contributed by atoms with E-state index in [1.54, 1.807) is 0 Å². The van der Waals surface area contributed by atoms with E-state index in [0.29, 0.717) is 10.6 Å². The molecule has 2 aliphatic rings.